The van der Waals surface area contributed by atoms with Gasteiger partial charge in [0.05, 0.1) is 23.0 Å². The van der Waals surface area contributed by atoms with Gasteiger partial charge < -0.3 is 9.30 Å². The summed E-state index contributed by atoms with van der Waals surface area (Å²) in [5, 5.41) is 0.165. The van der Waals surface area contributed by atoms with Crippen LogP contribution in [0.25, 0.3) is 11.0 Å². The highest BCUT2D eigenvalue weighted by atomic mass is 35.5. The molecule has 1 aliphatic rings. The molecular formula is C18H17ClFN3O4S. The summed E-state index contributed by atoms with van der Waals surface area (Å²) in [7, 11) is -3.87. The maximum absolute atomic E-state index is 14.2. The van der Waals surface area contributed by atoms with E-state index < -0.39 is 28.3 Å². The molecule has 0 bridgehead atoms. The molecule has 1 aromatic carbocycles. The molecular weight excluding hydrogens is 409 g/mol. The van der Waals surface area contributed by atoms with E-state index in [9.17, 15) is 12.8 Å². The van der Waals surface area contributed by atoms with Crippen LogP contribution < -0.4 is 0 Å². The molecule has 0 N–H and O–H groups in total. The van der Waals surface area contributed by atoms with Crippen LogP contribution in [0.4, 0.5) is 4.39 Å². The SMILES string of the molecule is Cc1ccc(S(=O)(=O)OCC2CCC(n3cc(F)c4c(Cl)ncnc43)O2)cc1. The highest BCUT2D eigenvalue weighted by Gasteiger charge is 2.30. The van der Waals surface area contributed by atoms with Gasteiger partial charge in [0.25, 0.3) is 10.1 Å². The van der Waals surface area contributed by atoms with Crippen molar-refractivity contribution in [2.75, 3.05) is 6.61 Å². The second kappa shape index (κ2) is 7.40. The van der Waals surface area contributed by atoms with Crippen molar-refractivity contribution in [3.8, 4) is 0 Å². The molecule has 0 saturated carbocycles. The lowest BCUT2D eigenvalue weighted by Crippen LogP contribution is -2.19. The number of aromatic nitrogens is 3. The predicted octanol–water partition coefficient (Wildman–Crippen LogP) is 3.62. The van der Waals surface area contributed by atoms with Crippen LogP contribution in [0.3, 0.4) is 0 Å². The molecule has 7 nitrogen and oxygen atoms in total. The molecule has 0 spiro atoms. The molecule has 2 aromatic heterocycles. The Bertz CT molecular complexity index is 1120. The molecule has 148 valence electrons. The first-order valence-corrected chi connectivity index (χ1v) is 10.4. The number of nitrogens with zero attached hydrogens (tertiary/aromatic N) is 3. The summed E-state index contributed by atoms with van der Waals surface area (Å²) in [6, 6.07) is 6.41. The molecule has 3 aromatic rings. The van der Waals surface area contributed by atoms with Gasteiger partial charge in [-0.15, -0.1) is 0 Å². The van der Waals surface area contributed by atoms with Crippen LogP contribution in [-0.2, 0) is 19.0 Å². The fourth-order valence-corrected chi connectivity index (χ4v) is 4.33. The quantitative estimate of drug-likeness (QED) is 0.458. The third-order valence-corrected chi connectivity index (χ3v) is 6.21. The number of halogens is 2. The Morgan fingerprint density at radius 2 is 2.04 bits per heavy atom. The van der Waals surface area contributed by atoms with Gasteiger partial charge in [0.15, 0.2) is 5.82 Å². The molecule has 28 heavy (non-hydrogen) atoms. The lowest BCUT2D eigenvalue weighted by atomic mass is 10.2. The van der Waals surface area contributed by atoms with Crippen LogP contribution in [0, 0.1) is 12.7 Å². The zero-order valence-corrected chi connectivity index (χ0v) is 16.5. The van der Waals surface area contributed by atoms with E-state index in [0.717, 1.165) is 5.56 Å². The zero-order chi connectivity index (χ0) is 19.9. The maximum atomic E-state index is 14.2. The summed E-state index contributed by atoms with van der Waals surface area (Å²) in [6.45, 7) is 1.75. The van der Waals surface area contributed by atoms with Crippen molar-refractivity contribution in [1.29, 1.82) is 0 Å². The minimum atomic E-state index is -3.87. The fourth-order valence-electron chi connectivity index (χ4n) is 3.18. The average molecular weight is 426 g/mol. The second-order valence-corrected chi connectivity index (χ2v) is 8.56. The van der Waals surface area contributed by atoms with E-state index in [1.807, 2.05) is 6.92 Å². The van der Waals surface area contributed by atoms with Gasteiger partial charge >= 0.3 is 0 Å². The predicted molar refractivity (Wildman–Crippen MR) is 100.0 cm³/mol. The van der Waals surface area contributed by atoms with E-state index in [1.165, 1.54) is 24.7 Å². The zero-order valence-electron chi connectivity index (χ0n) is 14.9. The summed E-state index contributed by atoms with van der Waals surface area (Å²) in [4.78, 5) is 7.97. The highest BCUT2D eigenvalue weighted by Crippen LogP contribution is 2.34. The van der Waals surface area contributed by atoms with Crippen molar-refractivity contribution in [3.05, 3.63) is 53.3 Å². The van der Waals surface area contributed by atoms with E-state index >= 15 is 0 Å². The summed E-state index contributed by atoms with van der Waals surface area (Å²) in [5.74, 6) is -0.536. The normalized spacial score (nSPS) is 20.1. The first kappa shape index (κ1) is 19.3. The van der Waals surface area contributed by atoms with Crippen LogP contribution in [-0.4, -0.2) is 35.7 Å². The smallest absolute Gasteiger partial charge is 0.297 e. The molecule has 3 heterocycles. The molecule has 4 rings (SSSR count). The standard InChI is InChI=1S/C18H17ClFN3O4S/c1-11-2-5-13(6-3-11)28(24,25)26-9-12-4-7-15(27-12)23-8-14(20)16-17(19)21-10-22-18(16)23/h2-3,5-6,8,10,12,15H,4,7,9H2,1H3. The summed E-state index contributed by atoms with van der Waals surface area (Å²) in [6.07, 6.45) is 2.71. The van der Waals surface area contributed by atoms with Gasteiger partial charge in [0, 0.05) is 6.20 Å². The minimum absolute atomic E-state index is 0.0309. The lowest BCUT2D eigenvalue weighted by molar-refractivity contribution is -0.0148. The van der Waals surface area contributed by atoms with E-state index in [4.69, 9.17) is 20.5 Å². The van der Waals surface area contributed by atoms with Crippen molar-refractivity contribution < 1.29 is 21.7 Å². The molecule has 1 saturated heterocycles. The maximum Gasteiger partial charge on any atom is 0.297 e. The van der Waals surface area contributed by atoms with Crippen LogP contribution in [0.15, 0.2) is 41.7 Å². The lowest BCUT2D eigenvalue weighted by Gasteiger charge is -2.16. The molecule has 10 heteroatoms. The van der Waals surface area contributed by atoms with Crippen molar-refractivity contribution in [1.82, 2.24) is 14.5 Å². The van der Waals surface area contributed by atoms with E-state index in [1.54, 1.807) is 16.7 Å². The van der Waals surface area contributed by atoms with Gasteiger partial charge in [-0.1, -0.05) is 29.3 Å². The number of hydrogen-bond acceptors (Lipinski definition) is 6. The van der Waals surface area contributed by atoms with E-state index in [0.29, 0.717) is 18.5 Å². The molecule has 0 amide bonds. The van der Waals surface area contributed by atoms with Crippen LogP contribution in [0.1, 0.15) is 24.6 Å². The topological polar surface area (TPSA) is 83.3 Å². The Balaban J connectivity index is 1.45. The van der Waals surface area contributed by atoms with Crippen molar-refractivity contribution >= 4 is 32.8 Å². The van der Waals surface area contributed by atoms with Gasteiger partial charge in [-0.25, -0.2) is 14.4 Å². The fraction of sp³-hybridized carbons (Fsp3) is 0.333. The van der Waals surface area contributed by atoms with Crippen LogP contribution >= 0.6 is 11.6 Å². The molecule has 2 unspecified atom stereocenters. The summed E-state index contributed by atoms with van der Waals surface area (Å²) in [5.41, 5.74) is 1.28. The second-order valence-electron chi connectivity index (χ2n) is 6.59. The monoisotopic (exact) mass is 425 g/mol. The van der Waals surface area contributed by atoms with Crippen molar-refractivity contribution in [2.24, 2.45) is 0 Å². The van der Waals surface area contributed by atoms with Crippen LogP contribution in [0.5, 0.6) is 0 Å². The molecule has 1 aliphatic heterocycles. The molecule has 0 aliphatic carbocycles. The Hall–Kier alpha value is -2.07. The highest BCUT2D eigenvalue weighted by molar-refractivity contribution is 7.86. The Labute approximate surface area is 166 Å². The number of fused-ring (bicyclic) bond motifs is 1. The largest absolute Gasteiger partial charge is 0.352 e. The van der Waals surface area contributed by atoms with E-state index in [-0.39, 0.29) is 22.0 Å². The third-order valence-electron chi connectivity index (χ3n) is 4.63. The Morgan fingerprint density at radius 3 is 2.79 bits per heavy atom. The van der Waals surface area contributed by atoms with Crippen LogP contribution in [0.2, 0.25) is 5.15 Å². The van der Waals surface area contributed by atoms with Gasteiger partial charge in [-0.2, -0.15) is 8.42 Å². The third kappa shape index (κ3) is 3.62. The van der Waals surface area contributed by atoms with Gasteiger partial charge in [-0.05, 0) is 31.9 Å². The Kier molecular flexibility index (Phi) is 5.09. The summed E-state index contributed by atoms with van der Waals surface area (Å²) < 4.78 is 51.4. The number of ether oxygens (including phenoxy) is 1. The first-order valence-electron chi connectivity index (χ1n) is 8.63. The van der Waals surface area contributed by atoms with E-state index in [2.05, 4.69) is 9.97 Å². The van der Waals surface area contributed by atoms with Crippen molar-refractivity contribution in [2.45, 2.75) is 37.0 Å². The molecule has 0 radical (unpaired) electrons. The number of benzene rings is 1. The first-order chi connectivity index (χ1) is 13.3. The molecule has 2 atom stereocenters. The Morgan fingerprint density at radius 1 is 1.29 bits per heavy atom. The number of hydrogen-bond donors (Lipinski definition) is 0. The van der Waals surface area contributed by atoms with Gasteiger partial charge in [-0.3, -0.25) is 4.18 Å². The average Bonchev–Trinajstić information content (AvgIpc) is 3.26. The molecule has 1 fully saturated rings. The number of rotatable bonds is 5. The number of aryl methyl sites for hydroxylation is 1. The van der Waals surface area contributed by atoms with Gasteiger partial charge in [0.2, 0.25) is 0 Å². The van der Waals surface area contributed by atoms with Gasteiger partial charge in [0.1, 0.15) is 23.4 Å². The van der Waals surface area contributed by atoms with Crippen molar-refractivity contribution in [3.63, 3.8) is 0 Å². The minimum Gasteiger partial charge on any atom is -0.352 e. The summed E-state index contributed by atoms with van der Waals surface area (Å²) >= 11 is 5.95.